The van der Waals surface area contributed by atoms with Gasteiger partial charge in [-0.25, -0.2) is 0 Å². The van der Waals surface area contributed by atoms with Gasteiger partial charge in [-0.2, -0.15) is 5.10 Å². The molecule has 2 heterocycles. The molecule has 0 saturated heterocycles. The average molecular weight is 304 g/mol. The van der Waals surface area contributed by atoms with Crippen molar-refractivity contribution in [3.8, 4) is 10.7 Å². The zero-order chi connectivity index (χ0) is 11.0. The standard InChI is InChI=1S/C9H10BrN3S2/c1-3-6-5(10)4-7(15-6)8-11-12-9(14)13(8)2/h4H,3H2,1-2H3,(H,12,14). The van der Waals surface area contributed by atoms with Crippen LogP contribution in [-0.2, 0) is 13.5 Å². The number of aromatic nitrogens is 3. The fourth-order valence-electron chi connectivity index (χ4n) is 1.33. The van der Waals surface area contributed by atoms with Gasteiger partial charge in [0.1, 0.15) is 0 Å². The molecule has 0 bridgehead atoms. The largest absolute Gasteiger partial charge is 0.303 e. The van der Waals surface area contributed by atoms with E-state index in [-0.39, 0.29) is 0 Å². The molecular weight excluding hydrogens is 294 g/mol. The Morgan fingerprint density at radius 1 is 1.67 bits per heavy atom. The fourth-order valence-corrected chi connectivity index (χ4v) is 3.38. The quantitative estimate of drug-likeness (QED) is 0.861. The molecule has 0 amide bonds. The zero-order valence-electron chi connectivity index (χ0n) is 8.37. The van der Waals surface area contributed by atoms with Crippen LogP contribution in [0.5, 0.6) is 0 Å². The van der Waals surface area contributed by atoms with Crippen LogP contribution in [0.1, 0.15) is 11.8 Å². The van der Waals surface area contributed by atoms with Gasteiger partial charge in [0.25, 0.3) is 0 Å². The van der Waals surface area contributed by atoms with E-state index in [0.717, 1.165) is 21.6 Å². The van der Waals surface area contributed by atoms with Gasteiger partial charge in [0.05, 0.1) is 4.88 Å². The lowest BCUT2D eigenvalue weighted by Crippen LogP contribution is -1.89. The Labute approximate surface area is 105 Å². The van der Waals surface area contributed by atoms with Gasteiger partial charge < -0.3 is 4.57 Å². The summed E-state index contributed by atoms with van der Waals surface area (Å²) in [5.74, 6) is 0.894. The first-order chi connectivity index (χ1) is 7.13. The average Bonchev–Trinajstić information content (AvgIpc) is 2.72. The van der Waals surface area contributed by atoms with E-state index >= 15 is 0 Å². The van der Waals surface area contributed by atoms with E-state index in [2.05, 4.69) is 39.1 Å². The second kappa shape index (κ2) is 4.19. The molecule has 2 aromatic rings. The molecule has 0 radical (unpaired) electrons. The first kappa shape index (κ1) is 11.0. The van der Waals surface area contributed by atoms with Crippen LogP contribution in [0.25, 0.3) is 10.7 Å². The molecule has 15 heavy (non-hydrogen) atoms. The monoisotopic (exact) mass is 303 g/mol. The molecule has 0 aromatic carbocycles. The predicted molar refractivity (Wildman–Crippen MR) is 68.8 cm³/mol. The maximum Gasteiger partial charge on any atom is 0.195 e. The Kier molecular flexibility index (Phi) is 3.08. The number of halogens is 1. The third kappa shape index (κ3) is 1.93. The summed E-state index contributed by atoms with van der Waals surface area (Å²) in [5, 5.41) is 7.00. The number of aromatic amines is 1. The predicted octanol–water partition coefficient (Wildman–Crippen LogP) is 3.53. The van der Waals surface area contributed by atoms with Crippen LogP contribution < -0.4 is 0 Å². The molecule has 0 aliphatic carbocycles. The third-order valence-corrected chi connectivity index (χ3v) is 4.79. The molecule has 0 unspecified atom stereocenters. The molecule has 0 fully saturated rings. The number of nitrogens with zero attached hydrogens (tertiary/aromatic N) is 2. The van der Waals surface area contributed by atoms with Crippen LogP contribution in [0.3, 0.4) is 0 Å². The summed E-state index contributed by atoms with van der Waals surface area (Å²) >= 11 is 10.4. The van der Waals surface area contributed by atoms with Crippen molar-refractivity contribution in [2.24, 2.45) is 7.05 Å². The number of nitrogens with one attached hydrogen (secondary N) is 1. The molecule has 0 saturated carbocycles. The smallest absolute Gasteiger partial charge is 0.195 e. The van der Waals surface area contributed by atoms with Crippen molar-refractivity contribution in [3.05, 3.63) is 20.2 Å². The molecule has 0 atom stereocenters. The van der Waals surface area contributed by atoms with Gasteiger partial charge in [-0.15, -0.1) is 11.3 Å². The summed E-state index contributed by atoms with van der Waals surface area (Å²) in [6.45, 7) is 2.14. The molecule has 80 valence electrons. The highest BCUT2D eigenvalue weighted by molar-refractivity contribution is 9.10. The van der Waals surface area contributed by atoms with E-state index in [1.54, 1.807) is 11.3 Å². The van der Waals surface area contributed by atoms with Gasteiger partial charge in [-0.1, -0.05) is 6.92 Å². The van der Waals surface area contributed by atoms with Crippen LogP contribution >= 0.6 is 39.5 Å². The van der Waals surface area contributed by atoms with E-state index < -0.39 is 0 Å². The topological polar surface area (TPSA) is 33.6 Å². The summed E-state index contributed by atoms with van der Waals surface area (Å²) in [6.07, 6.45) is 1.03. The SMILES string of the molecule is CCc1sc(-c2n[nH]c(=S)n2C)cc1Br. The highest BCUT2D eigenvalue weighted by Gasteiger charge is 2.11. The van der Waals surface area contributed by atoms with E-state index in [9.17, 15) is 0 Å². The number of aryl methyl sites for hydroxylation is 1. The highest BCUT2D eigenvalue weighted by atomic mass is 79.9. The summed E-state index contributed by atoms with van der Waals surface area (Å²) < 4.78 is 3.68. The molecular formula is C9H10BrN3S2. The Bertz CT molecular complexity index is 538. The third-order valence-electron chi connectivity index (χ3n) is 2.18. The first-order valence-electron chi connectivity index (χ1n) is 4.53. The Balaban J connectivity index is 2.54. The molecule has 3 nitrogen and oxygen atoms in total. The summed E-state index contributed by atoms with van der Waals surface area (Å²) in [5.41, 5.74) is 0. The van der Waals surface area contributed by atoms with Crippen LogP contribution in [0.2, 0.25) is 0 Å². The second-order valence-corrected chi connectivity index (χ2v) is 5.52. The molecule has 0 aliphatic rings. The van der Waals surface area contributed by atoms with Crippen molar-refractivity contribution in [2.45, 2.75) is 13.3 Å². The maximum atomic E-state index is 5.08. The minimum atomic E-state index is 0.646. The van der Waals surface area contributed by atoms with Crippen molar-refractivity contribution in [2.75, 3.05) is 0 Å². The van der Waals surface area contributed by atoms with Gasteiger partial charge in [0, 0.05) is 16.4 Å². The summed E-state index contributed by atoms with van der Waals surface area (Å²) in [6, 6.07) is 2.09. The van der Waals surface area contributed by atoms with Crippen molar-refractivity contribution < 1.29 is 0 Å². The number of thiophene rings is 1. The number of rotatable bonds is 2. The van der Waals surface area contributed by atoms with Crippen molar-refractivity contribution >= 4 is 39.5 Å². The van der Waals surface area contributed by atoms with E-state index in [1.807, 2.05) is 11.6 Å². The Hall–Kier alpha value is -0.460. The molecule has 0 spiro atoms. The Morgan fingerprint density at radius 3 is 2.87 bits per heavy atom. The van der Waals surface area contributed by atoms with Crippen molar-refractivity contribution in [3.63, 3.8) is 0 Å². The van der Waals surface area contributed by atoms with E-state index in [4.69, 9.17) is 12.2 Å². The van der Waals surface area contributed by atoms with Crippen molar-refractivity contribution in [1.82, 2.24) is 14.8 Å². The molecule has 2 rings (SSSR count). The second-order valence-electron chi connectivity index (χ2n) is 3.15. The number of hydrogen-bond acceptors (Lipinski definition) is 3. The van der Waals surface area contributed by atoms with Crippen LogP contribution in [0.4, 0.5) is 0 Å². The van der Waals surface area contributed by atoms with Crippen LogP contribution in [0, 0.1) is 4.77 Å². The first-order valence-corrected chi connectivity index (χ1v) is 6.55. The van der Waals surface area contributed by atoms with Crippen LogP contribution in [-0.4, -0.2) is 14.8 Å². The van der Waals surface area contributed by atoms with Gasteiger partial charge in [0.15, 0.2) is 10.6 Å². The zero-order valence-corrected chi connectivity index (χ0v) is 11.6. The van der Waals surface area contributed by atoms with E-state index in [1.165, 1.54) is 4.88 Å². The van der Waals surface area contributed by atoms with Crippen molar-refractivity contribution in [1.29, 1.82) is 0 Å². The van der Waals surface area contributed by atoms with Gasteiger partial charge in [0.2, 0.25) is 0 Å². The lowest BCUT2D eigenvalue weighted by Gasteiger charge is -1.94. The lowest BCUT2D eigenvalue weighted by atomic mass is 10.3. The number of hydrogen-bond donors (Lipinski definition) is 1. The number of H-pyrrole nitrogens is 1. The fraction of sp³-hybridized carbons (Fsp3) is 0.333. The van der Waals surface area contributed by atoms with E-state index in [0.29, 0.717) is 4.77 Å². The summed E-state index contributed by atoms with van der Waals surface area (Å²) in [4.78, 5) is 2.47. The minimum Gasteiger partial charge on any atom is -0.303 e. The van der Waals surface area contributed by atoms with Gasteiger partial charge >= 0.3 is 0 Å². The maximum absolute atomic E-state index is 5.08. The van der Waals surface area contributed by atoms with Gasteiger partial charge in [-0.05, 0) is 40.6 Å². The lowest BCUT2D eigenvalue weighted by molar-refractivity contribution is 0.904. The van der Waals surface area contributed by atoms with Crippen LogP contribution in [0.15, 0.2) is 10.5 Å². The normalized spacial score (nSPS) is 10.9. The minimum absolute atomic E-state index is 0.646. The van der Waals surface area contributed by atoms with Gasteiger partial charge in [-0.3, -0.25) is 5.10 Å². The molecule has 1 N–H and O–H groups in total. The molecule has 6 heteroatoms. The Morgan fingerprint density at radius 2 is 2.40 bits per heavy atom. The summed E-state index contributed by atoms with van der Waals surface area (Å²) in [7, 11) is 1.92. The molecule has 0 aliphatic heterocycles. The highest BCUT2D eigenvalue weighted by Crippen LogP contribution is 2.33. The molecule has 2 aromatic heterocycles.